The first-order chi connectivity index (χ1) is 7.76. The molecule has 0 saturated carbocycles. The number of rotatable bonds is 1. The first-order valence-corrected chi connectivity index (χ1v) is 6.42. The van der Waals surface area contributed by atoms with Gasteiger partial charge in [0.15, 0.2) is 5.78 Å². The lowest BCUT2D eigenvalue weighted by Crippen LogP contribution is -2.22. The third kappa shape index (κ3) is 1.64. The van der Waals surface area contributed by atoms with Crippen molar-refractivity contribution < 1.29 is 4.79 Å². The van der Waals surface area contributed by atoms with Crippen molar-refractivity contribution in [2.75, 3.05) is 0 Å². The molecular weight excluding hydrogens is 208 g/mol. The maximum atomic E-state index is 11.6. The van der Waals surface area contributed by atoms with E-state index in [1.54, 1.807) is 6.92 Å². The summed E-state index contributed by atoms with van der Waals surface area (Å²) in [6.45, 7) is 12.9. The van der Waals surface area contributed by atoms with E-state index in [0.717, 1.165) is 11.1 Å². The quantitative estimate of drug-likeness (QED) is 0.660. The zero-order chi connectivity index (χ0) is 13.0. The number of aryl methyl sites for hydroxylation is 1. The van der Waals surface area contributed by atoms with Gasteiger partial charge in [0.2, 0.25) is 0 Å². The number of Topliss-reactive ketones (excluding diaryl/α,β-unsaturated/α-hetero) is 1. The van der Waals surface area contributed by atoms with Crippen LogP contribution < -0.4 is 0 Å². The molecule has 0 amide bonds. The van der Waals surface area contributed by atoms with Crippen molar-refractivity contribution in [2.45, 2.75) is 52.9 Å². The molecule has 0 radical (unpaired) electrons. The standard InChI is InChI=1S/C16H22O/c1-9-7-14-10(2)11(3)16(5,6)15(14)8-13(9)12(4)17/h7-8,10-11H,1-6H3. The van der Waals surface area contributed by atoms with Gasteiger partial charge in [0, 0.05) is 5.56 Å². The molecule has 1 heteroatoms. The molecular formula is C16H22O. The highest BCUT2D eigenvalue weighted by molar-refractivity contribution is 5.96. The summed E-state index contributed by atoms with van der Waals surface area (Å²) in [6.07, 6.45) is 0. The van der Waals surface area contributed by atoms with E-state index in [4.69, 9.17) is 0 Å². The van der Waals surface area contributed by atoms with Gasteiger partial charge in [-0.2, -0.15) is 0 Å². The Kier molecular flexibility index (Phi) is 2.68. The molecule has 0 bridgehead atoms. The maximum Gasteiger partial charge on any atom is 0.160 e. The van der Waals surface area contributed by atoms with E-state index >= 15 is 0 Å². The average Bonchev–Trinajstić information content (AvgIpc) is 2.39. The molecule has 1 aromatic rings. The summed E-state index contributed by atoms with van der Waals surface area (Å²) < 4.78 is 0. The molecule has 1 aromatic carbocycles. The summed E-state index contributed by atoms with van der Waals surface area (Å²) in [4.78, 5) is 11.6. The molecule has 0 heterocycles. The van der Waals surface area contributed by atoms with E-state index in [1.807, 2.05) is 6.92 Å². The third-order valence-electron chi connectivity index (χ3n) is 4.85. The molecule has 0 spiro atoms. The summed E-state index contributed by atoms with van der Waals surface area (Å²) in [5.74, 6) is 1.38. The van der Waals surface area contributed by atoms with Gasteiger partial charge in [-0.15, -0.1) is 0 Å². The highest BCUT2D eigenvalue weighted by Crippen LogP contribution is 2.50. The minimum atomic E-state index is 0.173. The minimum absolute atomic E-state index is 0.173. The molecule has 2 unspecified atom stereocenters. The molecule has 2 atom stereocenters. The van der Waals surface area contributed by atoms with Crippen LogP contribution in [0.25, 0.3) is 0 Å². The molecule has 1 nitrogen and oxygen atoms in total. The molecule has 2 rings (SSSR count). The van der Waals surface area contributed by atoms with Gasteiger partial charge in [0.05, 0.1) is 0 Å². The fourth-order valence-electron chi connectivity index (χ4n) is 3.18. The van der Waals surface area contributed by atoms with Crippen LogP contribution in [-0.2, 0) is 5.41 Å². The zero-order valence-corrected chi connectivity index (χ0v) is 11.7. The Morgan fingerprint density at radius 1 is 1.24 bits per heavy atom. The topological polar surface area (TPSA) is 17.1 Å². The van der Waals surface area contributed by atoms with Crippen molar-refractivity contribution in [3.63, 3.8) is 0 Å². The van der Waals surface area contributed by atoms with Crippen LogP contribution in [0.3, 0.4) is 0 Å². The summed E-state index contributed by atoms with van der Waals surface area (Å²) in [5, 5.41) is 0. The van der Waals surface area contributed by atoms with Crippen molar-refractivity contribution in [3.05, 3.63) is 34.4 Å². The van der Waals surface area contributed by atoms with Crippen molar-refractivity contribution in [3.8, 4) is 0 Å². The van der Waals surface area contributed by atoms with Crippen LogP contribution in [0.15, 0.2) is 12.1 Å². The van der Waals surface area contributed by atoms with Gasteiger partial charge in [-0.25, -0.2) is 0 Å². The van der Waals surface area contributed by atoms with Crippen LogP contribution in [-0.4, -0.2) is 5.78 Å². The first-order valence-electron chi connectivity index (χ1n) is 6.42. The van der Waals surface area contributed by atoms with Crippen LogP contribution in [0.5, 0.6) is 0 Å². The largest absolute Gasteiger partial charge is 0.295 e. The predicted octanol–water partition coefficient (Wildman–Crippen LogP) is 4.23. The highest BCUT2D eigenvalue weighted by Gasteiger charge is 2.41. The molecule has 92 valence electrons. The van der Waals surface area contributed by atoms with Crippen molar-refractivity contribution in [1.29, 1.82) is 0 Å². The number of carbonyl (C=O) groups is 1. The Labute approximate surface area is 104 Å². The SMILES string of the molecule is CC(=O)c1cc2c(cc1C)C(C)C(C)C2(C)C. The van der Waals surface area contributed by atoms with Crippen molar-refractivity contribution in [2.24, 2.45) is 5.92 Å². The molecule has 0 aliphatic heterocycles. The van der Waals surface area contributed by atoms with Crippen LogP contribution in [0.4, 0.5) is 0 Å². The molecule has 0 N–H and O–H groups in total. The average molecular weight is 230 g/mol. The van der Waals surface area contributed by atoms with E-state index in [2.05, 4.69) is 39.8 Å². The third-order valence-corrected chi connectivity index (χ3v) is 4.85. The minimum Gasteiger partial charge on any atom is -0.295 e. The van der Waals surface area contributed by atoms with Crippen molar-refractivity contribution in [1.82, 2.24) is 0 Å². The number of ketones is 1. The summed E-state index contributed by atoms with van der Waals surface area (Å²) in [6, 6.07) is 4.36. The highest BCUT2D eigenvalue weighted by atomic mass is 16.1. The predicted molar refractivity (Wildman–Crippen MR) is 71.8 cm³/mol. The lowest BCUT2D eigenvalue weighted by molar-refractivity contribution is 0.101. The van der Waals surface area contributed by atoms with E-state index in [0.29, 0.717) is 11.8 Å². The smallest absolute Gasteiger partial charge is 0.160 e. The summed E-state index contributed by atoms with van der Waals surface area (Å²) in [7, 11) is 0. The van der Waals surface area contributed by atoms with Crippen LogP contribution >= 0.6 is 0 Å². The number of benzene rings is 1. The Bertz CT molecular complexity index is 483. The molecule has 1 aliphatic rings. The number of carbonyl (C=O) groups excluding carboxylic acids is 1. The molecule has 0 fully saturated rings. The lowest BCUT2D eigenvalue weighted by atomic mass is 9.77. The number of fused-ring (bicyclic) bond motifs is 1. The van der Waals surface area contributed by atoms with Gasteiger partial charge >= 0.3 is 0 Å². The van der Waals surface area contributed by atoms with Gasteiger partial charge in [-0.1, -0.05) is 33.8 Å². The van der Waals surface area contributed by atoms with Crippen LogP contribution in [0.1, 0.15) is 67.6 Å². The van der Waals surface area contributed by atoms with E-state index < -0.39 is 0 Å². The second-order valence-corrected chi connectivity index (χ2v) is 6.11. The Balaban J connectivity index is 2.69. The monoisotopic (exact) mass is 230 g/mol. The molecule has 17 heavy (non-hydrogen) atoms. The Morgan fingerprint density at radius 2 is 1.82 bits per heavy atom. The summed E-state index contributed by atoms with van der Waals surface area (Å²) in [5.41, 5.74) is 4.98. The molecule has 0 saturated heterocycles. The number of hydrogen-bond donors (Lipinski definition) is 0. The second-order valence-electron chi connectivity index (χ2n) is 6.11. The zero-order valence-electron chi connectivity index (χ0n) is 11.7. The Morgan fingerprint density at radius 3 is 2.35 bits per heavy atom. The lowest BCUT2D eigenvalue weighted by Gasteiger charge is -2.27. The molecule has 0 aromatic heterocycles. The first kappa shape index (κ1) is 12.3. The van der Waals surface area contributed by atoms with Gasteiger partial charge in [-0.3, -0.25) is 4.79 Å². The Hall–Kier alpha value is -1.11. The van der Waals surface area contributed by atoms with Gasteiger partial charge < -0.3 is 0 Å². The van der Waals surface area contributed by atoms with Crippen LogP contribution in [0.2, 0.25) is 0 Å². The molecule has 1 aliphatic carbocycles. The summed E-state index contributed by atoms with van der Waals surface area (Å²) >= 11 is 0. The van der Waals surface area contributed by atoms with E-state index in [1.165, 1.54) is 11.1 Å². The fraction of sp³-hybridized carbons (Fsp3) is 0.562. The van der Waals surface area contributed by atoms with Gasteiger partial charge in [0.1, 0.15) is 0 Å². The van der Waals surface area contributed by atoms with E-state index in [-0.39, 0.29) is 11.2 Å². The van der Waals surface area contributed by atoms with Gasteiger partial charge in [-0.05, 0) is 53.9 Å². The fourth-order valence-corrected chi connectivity index (χ4v) is 3.18. The van der Waals surface area contributed by atoms with E-state index in [9.17, 15) is 4.79 Å². The second kappa shape index (κ2) is 3.69. The number of hydrogen-bond acceptors (Lipinski definition) is 1. The van der Waals surface area contributed by atoms with Crippen molar-refractivity contribution >= 4 is 5.78 Å². The van der Waals surface area contributed by atoms with Gasteiger partial charge in [0.25, 0.3) is 0 Å². The normalized spacial score (nSPS) is 25.8. The maximum absolute atomic E-state index is 11.6. The van der Waals surface area contributed by atoms with Crippen LogP contribution in [0, 0.1) is 12.8 Å².